The van der Waals surface area contributed by atoms with Crippen LogP contribution in [0.1, 0.15) is 13.8 Å². The van der Waals surface area contributed by atoms with Crippen molar-refractivity contribution in [3.8, 4) is 6.01 Å². The summed E-state index contributed by atoms with van der Waals surface area (Å²) in [5.41, 5.74) is 0. The Hall–Kier alpha value is -1.75. The molecule has 1 aromatic rings. The molecule has 0 saturated carbocycles. The molecule has 5 nitrogen and oxygen atoms in total. The molecule has 1 aliphatic rings. The van der Waals surface area contributed by atoms with Gasteiger partial charge in [-0.25, -0.2) is 0 Å². The minimum Gasteiger partial charge on any atom is -0.467 e. The Balaban J connectivity index is 2.39. The molecular formula is C11H12ClN3O2. The minimum absolute atomic E-state index is 0.232. The first-order chi connectivity index (χ1) is 8.08. The quantitative estimate of drug-likeness (QED) is 0.759. The molecule has 0 saturated heterocycles. The van der Waals surface area contributed by atoms with Gasteiger partial charge in [0.1, 0.15) is 22.5 Å². The van der Waals surface area contributed by atoms with E-state index in [9.17, 15) is 0 Å². The molecule has 0 aliphatic carbocycles. The van der Waals surface area contributed by atoms with E-state index in [0.717, 1.165) is 11.5 Å². The zero-order chi connectivity index (χ0) is 12.4. The molecule has 0 bridgehead atoms. The van der Waals surface area contributed by atoms with Crippen LogP contribution < -0.4 is 9.64 Å². The van der Waals surface area contributed by atoms with Gasteiger partial charge in [-0.1, -0.05) is 11.6 Å². The van der Waals surface area contributed by atoms with Gasteiger partial charge in [-0.2, -0.15) is 9.97 Å². The van der Waals surface area contributed by atoms with Gasteiger partial charge in [0.2, 0.25) is 0 Å². The zero-order valence-corrected chi connectivity index (χ0v) is 10.5. The lowest BCUT2D eigenvalue weighted by atomic mass is 10.4. The third-order valence-corrected chi connectivity index (χ3v) is 2.27. The van der Waals surface area contributed by atoms with Crippen molar-refractivity contribution < 1.29 is 9.47 Å². The van der Waals surface area contributed by atoms with E-state index in [2.05, 4.69) is 9.97 Å². The Bertz CT molecular complexity index is 481. The SMILES string of the molecule is COc1nc(Cl)cc(N2C=C(C)OC(C)=C2)n1. The second kappa shape index (κ2) is 4.63. The lowest BCUT2D eigenvalue weighted by molar-refractivity contribution is 0.299. The van der Waals surface area contributed by atoms with Crippen LogP contribution in [0.15, 0.2) is 30.0 Å². The van der Waals surface area contributed by atoms with E-state index in [1.54, 1.807) is 6.07 Å². The van der Waals surface area contributed by atoms with Gasteiger partial charge in [-0.3, -0.25) is 0 Å². The van der Waals surface area contributed by atoms with Crippen molar-refractivity contribution in [1.29, 1.82) is 0 Å². The number of allylic oxidation sites excluding steroid dienone is 2. The standard InChI is InChI=1S/C11H12ClN3O2/c1-7-5-15(6-8(2)17-7)10-4-9(12)13-11(14-10)16-3/h4-6H,1-3H3. The van der Waals surface area contributed by atoms with Gasteiger partial charge in [-0.15, -0.1) is 0 Å². The molecule has 90 valence electrons. The first-order valence-electron chi connectivity index (χ1n) is 5.00. The van der Waals surface area contributed by atoms with E-state index < -0.39 is 0 Å². The van der Waals surface area contributed by atoms with Crippen LogP contribution in [0.2, 0.25) is 5.15 Å². The van der Waals surface area contributed by atoms with Crippen LogP contribution in [-0.2, 0) is 4.74 Å². The number of aromatic nitrogens is 2. The van der Waals surface area contributed by atoms with Crippen LogP contribution in [0, 0.1) is 0 Å². The monoisotopic (exact) mass is 253 g/mol. The summed E-state index contributed by atoms with van der Waals surface area (Å²) in [6.45, 7) is 3.73. The maximum Gasteiger partial charge on any atom is 0.319 e. The van der Waals surface area contributed by atoms with Gasteiger partial charge in [0.25, 0.3) is 0 Å². The third-order valence-electron chi connectivity index (χ3n) is 2.07. The highest BCUT2D eigenvalue weighted by Gasteiger charge is 2.13. The first kappa shape index (κ1) is 11.7. The van der Waals surface area contributed by atoms with Crippen LogP contribution in [0.3, 0.4) is 0 Å². The molecule has 0 fully saturated rings. The fourth-order valence-corrected chi connectivity index (χ4v) is 1.65. The maximum absolute atomic E-state index is 5.89. The summed E-state index contributed by atoms with van der Waals surface area (Å²) in [7, 11) is 1.50. The third kappa shape index (κ3) is 2.68. The van der Waals surface area contributed by atoms with E-state index in [4.69, 9.17) is 21.1 Å². The van der Waals surface area contributed by atoms with Gasteiger partial charge in [0.15, 0.2) is 0 Å². The molecule has 0 unspecified atom stereocenters. The summed E-state index contributed by atoms with van der Waals surface area (Å²) in [5, 5.41) is 0.329. The molecule has 0 N–H and O–H groups in total. The fourth-order valence-electron chi connectivity index (χ4n) is 1.48. The highest BCUT2D eigenvalue weighted by molar-refractivity contribution is 6.29. The molecule has 0 radical (unpaired) electrons. The highest BCUT2D eigenvalue weighted by Crippen LogP contribution is 2.24. The number of anilines is 1. The number of rotatable bonds is 2. The minimum atomic E-state index is 0.232. The van der Waals surface area contributed by atoms with Crippen molar-refractivity contribution in [1.82, 2.24) is 9.97 Å². The van der Waals surface area contributed by atoms with Crippen molar-refractivity contribution in [2.45, 2.75) is 13.8 Å². The highest BCUT2D eigenvalue weighted by atomic mass is 35.5. The molecule has 0 spiro atoms. The van der Waals surface area contributed by atoms with Crippen molar-refractivity contribution >= 4 is 17.4 Å². The molecule has 2 rings (SSSR count). The number of hydrogen-bond acceptors (Lipinski definition) is 5. The summed E-state index contributed by atoms with van der Waals surface area (Å²) in [5.74, 6) is 2.18. The fraction of sp³-hybridized carbons (Fsp3) is 0.273. The van der Waals surface area contributed by atoms with Gasteiger partial charge in [-0.05, 0) is 13.8 Å². The van der Waals surface area contributed by atoms with Crippen LogP contribution in [0.4, 0.5) is 5.82 Å². The number of methoxy groups -OCH3 is 1. The molecule has 2 heterocycles. The van der Waals surface area contributed by atoms with Crippen LogP contribution >= 0.6 is 11.6 Å². The largest absolute Gasteiger partial charge is 0.467 e. The number of ether oxygens (including phenoxy) is 2. The van der Waals surface area contributed by atoms with Gasteiger partial charge in [0.05, 0.1) is 7.11 Å². The van der Waals surface area contributed by atoms with Crippen molar-refractivity contribution in [2.24, 2.45) is 0 Å². The predicted molar refractivity (Wildman–Crippen MR) is 64.7 cm³/mol. The van der Waals surface area contributed by atoms with Gasteiger partial charge >= 0.3 is 6.01 Å². The summed E-state index contributed by atoms with van der Waals surface area (Å²) in [6, 6.07) is 1.89. The summed E-state index contributed by atoms with van der Waals surface area (Å²) < 4.78 is 10.4. The van der Waals surface area contributed by atoms with Crippen molar-refractivity contribution in [3.63, 3.8) is 0 Å². The molecule has 1 aromatic heterocycles. The van der Waals surface area contributed by atoms with E-state index in [1.807, 2.05) is 31.1 Å². The second-order valence-corrected chi connectivity index (χ2v) is 3.91. The van der Waals surface area contributed by atoms with E-state index in [1.165, 1.54) is 7.11 Å². The second-order valence-electron chi connectivity index (χ2n) is 3.52. The van der Waals surface area contributed by atoms with E-state index in [0.29, 0.717) is 11.0 Å². The first-order valence-corrected chi connectivity index (χ1v) is 5.38. The summed E-state index contributed by atoms with van der Waals surface area (Å²) in [4.78, 5) is 9.94. The topological polar surface area (TPSA) is 47.5 Å². The number of hydrogen-bond donors (Lipinski definition) is 0. The lowest BCUT2D eigenvalue weighted by Crippen LogP contribution is -2.16. The molecule has 0 amide bonds. The Labute approximate surface area is 104 Å². The average Bonchev–Trinajstić information content (AvgIpc) is 2.26. The molecule has 0 aromatic carbocycles. The smallest absolute Gasteiger partial charge is 0.319 e. The Morgan fingerprint density at radius 1 is 1.24 bits per heavy atom. The Kier molecular flexibility index (Phi) is 3.19. The number of nitrogens with zero attached hydrogens (tertiary/aromatic N) is 3. The molecule has 6 heteroatoms. The summed E-state index contributed by atoms with van der Waals surface area (Å²) >= 11 is 5.89. The molecule has 17 heavy (non-hydrogen) atoms. The molecular weight excluding hydrogens is 242 g/mol. The molecule has 1 aliphatic heterocycles. The normalized spacial score (nSPS) is 14.9. The average molecular weight is 254 g/mol. The molecule has 0 atom stereocenters. The Morgan fingerprint density at radius 3 is 2.47 bits per heavy atom. The van der Waals surface area contributed by atoms with E-state index >= 15 is 0 Å². The number of halogens is 1. The Morgan fingerprint density at radius 2 is 1.88 bits per heavy atom. The van der Waals surface area contributed by atoms with E-state index in [-0.39, 0.29) is 6.01 Å². The summed E-state index contributed by atoms with van der Waals surface area (Å²) in [6.07, 6.45) is 3.62. The van der Waals surface area contributed by atoms with Gasteiger partial charge < -0.3 is 14.4 Å². The predicted octanol–water partition coefficient (Wildman–Crippen LogP) is 2.70. The van der Waals surface area contributed by atoms with Crippen LogP contribution in [0.5, 0.6) is 6.01 Å². The van der Waals surface area contributed by atoms with Gasteiger partial charge in [0, 0.05) is 18.5 Å². The lowest BCUT2D eigenvalue weighted by Gasteiger charge is -2.22. The zero-order valence-electron chi connectivity index (χ0n) is 9.77. The van der Waals surface area contributed by atoms with Crippen molar-refractivity contribution in [3.05, 3.63) is 35.1 Å². The van der Waals surface area contributed by atoms with Crippen molar-refractivity contribution in [2.75, 3.05) is 12.0 Å². The van der Waals surface area contributed by atoms with Crippen LogP contribution in [-0.4, -0.2) is 17.1 Å². The van der Waals surface area contributed by atoms with Crippen LogP contribution in [0.25, 0.3) is 0 Å². The maximum atomic E-state index is 5.89.